The van der Waals surface area contributed by atoms with Crippen molar-refractivity contribution in [1.82, 2.24) is 9.55 Å². The van der Waals surface area contributed by atoms with Gasteiger partial charge in [-0.25, -0.2) is 4.98 Å². The molecule has 0 bridgehead atoms. The number of fused-ring (bicyclic) bond motifs is 6. The Morgan fingerprint density at radius 3 is 1.94 bits per heavy atom. The summed E-state index contributed by atoms with van der Waals surface area (Å²) in [4.78, 5) is 5.06. The zero-order valence-electron chi connectivity index (χ0n) is 17.2. The Labute approximate surface area is 184 Å². The van der Waals surface area contributed by atoms with E-state index >= 15 is 0 Å². The van der Waals surface area contributed by atoms with Gasteiger partial charge in [0.2, 0.25) is 0 Å². The summed E-state index contributed by atoms with van der Waals surface area (Å²) in [5, 5.41) is 3.54. The molecule has 0 aliphatic rings. The number of rotatable bonds is 2. The van der Waals surface area contributed by atoms with E-state index in [1.165, 1.54) is 21.8 Å². The van der Waals surface area contributed by atoms with E-state index in [9.17, 15) is 0 Å². The predicted molar refractivity (Wildman–Crippen MR) is 131 cm³/mol. The van der Waals surface area contributed by atoms with E-state index in [0.29, 0.717) is 0 Å². The van der Waals surface area contributed by atoms with Gasteiger partial charge in [0.1, 0.15) is 11.1 Å². The molecule has 7 rings (SSSR count). The second kappa shape index (κ2) is 6.56. The third-order valence-corrected chi connectivity index (χ3v) is 6.22. The van der Waals surface area contributed by atoms with Crippen LogP contribution in [-0.4, -0.2) is 9.55 Å². The molecule has 32 heavy (non-hydrogen) atoms. The van der Waals surface area contributed by atoms with Crippen LogP contribution in [0.4, 0.5) is 0 Å². The van der Waals surface area contributed by atoms with Gasteiger partial charge < -0.3 is 8.98 Å². The SMILES string of the molecule is c1ccc(-n2c3ccccc3c3ccccc32)c(-c2ccc3oc4ccccc4c3n2)c1. The number of aromatic nitrogens is 2. The third kappa shape index (κ3) is 2.39. The fraction of sp³-hybridized carbons (Fsp3) is 0. The van der Waals surface area contributed by atoms with Crippen molar-refractivity contribution in [1.29, 1.82) is 0 Å². The van der Waals surface area contributed by atoms with Crippen molar-refractivity contribution < 1.29 is 4.42 Å². The van der Waals surface area contributed by atoms with Crippen LogP contribution in [0.15, 0.2) is 114 Å². The highest BCUT2D eigenvalue weighted by Gasteiger charge is 2.16. The van der Waals surface area contributed by atoms with Crippen molar-refractivity contribution in [2.45, 2.75) is 0 Å². The van der Waals surface area contributed by atoms with Crippen molar-refractivity contribution in [3.05, 3.63) is 109 Å². The molecule has 0 atom stereocenters. The molecule has 0 amide bonds. The number of hydrogen-bond donors (Lipinski definition) is 0. The third-order valence-electron chi connectivity index (χ3n) is 6.22. The summed E-state index contributed by atoms with van der Waals surface area (Å²) in [7, 11) is 0. The molecule has 4 aromatic carbocycles. The Morgan fingerprint density at radius 2 is 1.16 bits per heavy atom. The van der Waals surface area contributed by atoms with Gasteiger partial charge in [0.25, 0.3) is 0 Å². The van der Waals surface area contributed by atoms with Gasteiger partial charge >= 0.3 is 0 Å². The molecular weight excluding hydrogens is 392 g/mol. The molecule has 3 aromatic heterocycles. The molecule has 0 aliphatic heterocycles. The zero-order valence-corrected chi connectivity index (χ0v) is 17.2. The van der Waals surface area contributed by atoms with E-state index in [0.717, 1.165) is 39.0 Å². The van der Waals surface area contributed by atoms with Gasteiger partial charge in [0.15, 0.2) is 5.58 Å². The lowest BCUT2D eigenvalue weighted by Crippen LogP contribution is -1.97. The zero-order chi connectivity index (χ0) is 21.1. The topological polar surface area (TPSA) is 31.0 Å². The fourth-order valence-corrected chi connectivity index (χ4v) is 4.81. The molecule has 0 spiro atoms. The number of furan rings is 1. The Bertz CT molecular complexity index is 1730. The predicted octanol–water partition coefficient (Wildman–Crippen LogP) is 7.75. The van der Waals surface area contributed by atoms with Crippen molar-refractivity contribution in [3.63, 3.8) is 0 Å². The van der Waals surface area contributed by atoms with Crippen LogP contribution in [0, 0.1) is 0 Å². The molecule has 0 unspecified atom stereocenters. The van der Waals surface area contributed by atoms with Gasteiger partial charge in [-0.05, 0) is 42.5 Å². The molecular formula is C29H18N2O. The van der Waals surface area contributed by atoms with Crippen molar-refractivity contribution >= 4 is 43.9 Å². The first-order valence-electron chi connectivity index (χ1n) is 10.7. The largest absolute Gasteiger partial charge is 0.454 e. The maximum atomic E-state index is 5.99. The maximum Gasteiger partial charge on any atom is 0.153 e. The van der Waals surface area contributed by atoms with Crippen LogP contribution in [0.2, 0.25) is 0 Å². The normalized spacial score (nSPS) is 11.8. The van der Waals surface area contributed by atoms with E-state index in [4.69, 9.17) is 9.40 Å². The number of para-hydroxylation sites is 4. The summed E-state index contributed by atoms with van der Waals surface area (Å²) in [6.07, 6.45) is 0. The Balaban J connectivity index is 1.55. The molecule has 0 radical (unpaired) electrons. The first kappa shape index (κ1) is 17.3. The standard InChI is InChI=1S/C29H18N2O/c1-5-13-24-19(9-1)20-10-2-6-14-25(20)31(24)26-15-7-3-11-21(26)23-17-18-28-29(30-23)22-12-4-8-16-27(22)32-28/h1-18H. The molecule has 0 N–H and O–H groups in total. The average Bonchev–Trinajstić information content (AvgIpc) is 3.39. The van der Waals surface area contributed by atoms with Gasteiger partial charge in [-0.15, -0.1) is 0 Å². The molecule has 0 aliphatic carbocycles. The molecule has 150 valence electrons. The van der Waals surface area contributed by atoms with E-state index < -0.39 is 0 Å². The van der Waals surface area contributed by atoms with Crippen LogP contribution in [-0.2, 0) is 0 Å². The smallest absolute Gasteiger partial charge is 0.153 e. The minimum atomic E-state index is 0.810. The van der Waals surface area contributed by atoms with Crippen LogP contribution in [0.1, 0.15) is 0 Å². The van der Waals surface area contributed by atoms with Crippen LogP contribution in [0.3, 0.4) is 0 Å². The first-order valence-corrected chi connectivity index (χ1v) is 10.7. The van der Waals surface area contributed by atoms with Crippen molar-refractivity contribution in [3.8, 4) is 16.9 Å². The molecule has 0 saturated heterocycles. The van der Waals surface area contributed by atoms with Crippen LogP contribution in [0.5, 0.6) is 0 Å². The van der Waals surface area contributed by atoms with Crippen molar-refractivity contribution in [2.75, 3.05) is 0 Å². The summed E-state index contributed by atoms with van der Waals surface area (Å²) in [5.74, 6) is 0. The fourth-order valence-electron chi connectivity index (χ4n) is 4.81. The number of pyridine rings is 1. The Hall–Kier alpha value is -4.37. The lowest BCUT2D eigenvalue weighted by Gasteiger charge is -2.13. The second-order valence-corrected chi connectivity index (χ2v) is 8.03. The van der Waals surface area contributed by atoms with Gasteiger partial charge in [-0.1, -0.05) is 66.7 Å². The van der Waals surface area contributed by atoms with Crippen LogP contribution >= 0.6 is 0 Å². The summed E-state index contributed by atoms with van der Waals surface area (Å²) < 4.78 is 8.34. The molecule has 0 saturated carbocycles. The molecule has 3 heteroatoms. The van der Waals surface area contributed by atoms with E-state index in [1.54, 1.807) is 0 Å². The highest BCUT2D eigenvalue weighted by molar-refractivity contribution is 6.10. The lowest BCUT2D eigenvalue weighted by molar-refractivity contribution is 0.668. The Kier molecular flexibility index (Phi) is 3.55. The van der Waals surface area contributed by atoms with Crippen LogP contribution < -0.4 is 0 Å². The van der Waals surface area contributed by atoms with E-state index in [1.807, 2.05) is 24.3 Å². The number of nitrogens with zero attached hydrogens (tertiary/aromatic N) is 2. The van der Waals surface area contributed by atoms with Gasteiger partial charge in [0.05, 0.1) is 22.4 Å². The minimum absolute atomic E-state index is 0.810. The van der Waals surface area contributed by atoms with Crippen LogP contribution in [0.25, 0.3) is 60.8 Å². The second-order valence-electron chi connectivity index (χ2n) is 8.03. The summed E-state index contributed by atoms with van der Waals surface area (Å²) in [6, 6.07) is 37.8. The number of hydrogen-bond acceptors (Lipinski definition) is 2. The molecule has 3 heterocycles. The highest BCUT2D eigenvalue weighted by Crippen LogP contribution is 2.36. The average molecular weight is 410 g/mol. The quantitative estimate of drug-likeness (QED) is 0.292. The van der Waals surface area contributed by atoms with E-state index in [-0.39, 0.29) is 0 Å². The lowest BCUT2D eigenvalue weighted by atomic mass is 10.1. The monoisotopic (exact) mass is 410 g/mol. The highest BCUT2D eigenvalue weighted by atomic mass is 16.3. The van der Waals surface area contributed by atoms with Crippen molar-refractivity contribution in [2.24, 2.45) is 0 Å². The van der Waals surface area contributed by atoms with E-state index in [2.05, 4.69) is 89.5 Å². The number of benzene rings is 4. The molecule has 3 nitrogen and oxygen atoms in total. The summed E-state index contributed by atoms with van der Waals surface area (Å²) in [5.41, 5.74) is 8.09. The Morgan fingerprint density at radius 1 is 0.531 bits per heavy atom. The maximum absolute atomic E-state index is 5.99. The van der Waals surface area contributed by atoms with Gasteiger partial charge in [-0.2, -0.15) is 0 Å². The molecule has 7 aromatic rings. The van der Waals surface area contributed by atoms with Gasteiger partial charge in [0, 0.05) is 21.7 Å². The summed E-state index contributed by atoms with van der Waals surface area (Å²) >= 11 is 0. The first-order chi connectivity index (χ1) is 15.9. The molecule has 0 fully saturated rings. The summed E-state index contributed by atoms with van der Waals surface area (Å²) in [6.45, 7) is 0. The van der Waals surface area contributed by atoms with Gasteiger partial charge in [-0.3, -0.25) is 0 Å². The minimum Gasteiger partial charge on any atom is -0.454 e.